The molecule has 0 N–H and O–H groups in total. The summed E-state index contributed by atoms with van der Waals surface area (Å²) in [5.41, 5.74) is 0. The molecule has 0 aromatic carbocycles. The molecule has 1 aromatic heterocycles. The van der Waals surface area contributed by atoms with E-state index in [2.05, 4.69) is 4.98 Å². The van der Waals surface area contributed by atoms with Gasteiger partial charge < -0.3 is 0 Å². The molecule has 108 valence electrons. The van der Waals surface area contributed by atoms with E-state index in [4.69, 9.17) is 10.7 Å². The normalized spacial score (nSPS) is 12.8. The maximum Gasteiger partial charge on any atom is 0.244 e. The van der Waals surface area contributed by atoms with Crippen molar-refractivity contribution in [2.75, 3.05) is 25.6 Å². The molecule has 0 radical (unpaired) electrons. The molecule has 0 aliphatic carbocycles. The molecule has 10 heteroatoms. The Kier molecular flexibility index (Phi) is 5.63. The van der Waals surface area contributed by atoms with Crippen LogP contribution in [-0.4, -0.2) is 51.7 Å². The largest absolute Gasteiger partial charge is 0.249 e. The molecular formula is C9H13ClN2O4S3. The molecular weight excluding hydrogens is 332 g/mol. The fourth-order valence-electron chi connectivity index (χ4n) is 1.06. The van der Waals surface area contributed by atoms with Gasteiger partial charge in [0.25, 0.3) is 0 Å². The van der Waals surface area contributed by atoms with E-state index in [9.17, 15) is 16.8 Å². The van der Waals surface area contributed by atoms with Crippen molar-refractivity contribution in [3.8, 4) is 0 Å². The quantitative estimate of drug-likeness (QED) is 0.565. The summed E-state index contributed by atoms with van der Waals surface area (Å²) in [5, 5.41) is 0.540. The summed E-state index contributed by atoms with van der Waals surface area (Å²) in [6.45, 7) is 0. The summed E-state index contributed by atoms with van der Waals surface area (Å²) in [6.07, 6.45) is 1.24. The Balaban J connectivity index is 2.73. The fourth-order valence-corrected chi connectivity index (χ4v) is 4.11. The van der Waals surface area contributed by atoms with E-state index < -0.39 is 19.1 Å². The SMILES string of the molecule is CN(C)S(=O)(=O)c1ccc(SCCS(=O)(=O)Cl)nc1. The second-order valence-corrected chi connectivity index (χ2v) is 9.87. The van der Waals surface area contributed by atoms with Crippen LogP contribution in [0.5, 0.6) is 0 Å². The number of nitrogens with zero attached hydrogens (tertiary/aromatic N) is 2. The Hall–Kier alpha value is -0.350. The molecule has 0 aliphatic rings. The first kappa shape index (κ1) is 16.7. The Morgan fingerprint density at radius 1 is 1.26 bits per heavy atom. The molecule has 1 rings (SSSR count). The van der Waals surface area contributed by atoms with Crippen LogP contribution in [0.15, 0.2) is 28.3 Å². The summed E-state index contributed by atoms with van der Waals surface area (Å²) in [6, 6.07) is 2.96. The molecule has 0 saturated carbocycles. The number of sulfonamides is 1. The van der Waals surface area contributed by atoms with Crippen LogP contribution in [0.3, 0.4) is 0 Å². The highest BCUT2D eigenvalue weighted by molar-refractivity contribution is 8.14. The molecule has 0 atom stereocenters. The van der Waals surface area contributed by atoms with E-state index in [0.717, 1.165) is 4.31 Å². The molecule has 0 saturated heterocycles. The molecule has 1 heterocycles. The molecule has 0 aliphatic heterocycles. The predicted molar refractivity (Wildman–Crippen MR) is 75.5 cm³/mol. The van der Waals surface area contributed by atoms with Crippen molar-refractivity contribution in [1.29, 1.82) is 0 Å². The van der Waals surface area contributed by atoms with Gasteiger partial charge in [0.15, 0.2) is 0 Å². The number of hydrogen-bond donors (Lipinski definition) is 0. The van der Waals surface area contributed by atoms with Crippen molar-refractivity contribution in [3.63, 3.8) is 0 Å². The van der Waals surface area contributed by atoms with Crippen LogP contribution < -0.4 is 0 Å². The summed E-state index contributed by atoms with van der Waals surface area (Å²) in [7, 11) is 0.932. The minimum atomic E-state index is -3.52. The molecule has 0 spiro atoms. The van der Waals surface area contributed by atoms with E-state index in [-0.39, 0.29) is 16.4 Å². The van der Waals surface area contributed by atoms with Gasteiger partial charge in [-0.1, -0.05) is 0 Å². The van der Waals surface area contributed by atoms with E-state index in [0.29, 0.717) is 5.03 Å². The number of thioether (sulfide) groups is 1. The zero-order valence-electron chi connectivity index (χ0n) is 10.3. The van der Waals surface area contributed by atoms with Crippen LogP contribution in [0.4, 0.5) is 0 Å². The van der Waals surface area contributed by atoms with Crippen LogP contribution in [0, 0.1) is 0 Å². The summed E-state index contributed by atoms with van der Waals surface area (Å²) in [4.78, 5) is 4.06. The number of pyridine rings is 1. The van der Waals surface area contributed by atoms with Crippen LogP contribution in [0.1, 0.15) is 0 Å². The van der Waals surface area contributed by atoms with E-state index in [1.54, 1.807) is 0 Å². The molecule has 0 bridgehead atoms. The zero-order chi connectivity index (χ0) is 14.7. The second-order valence-electron chi connectivity index (χ2n) is 3.71. The first-order chi connectivity index (χ1) is 8.63. The number of rotatable bonds is 6. The van der Waals surface area contributed by atoms with Crippen LogP contribution in [0.2, 0.25) is 0 Å². The van der Waals surface area contributed by atoms with Crippen molar-refractivity contribution >= 4 is 41.5 Å². The Morgan fingerprint density at radius 2 is 1.89 bits per heavy atom. The van der Waals surface area contributed by atoms with Gasteiger partial charge in [0.2, 0.25) is 19.1 Å². The highest BCUT2D eigenvalue weighted by Crippen LogP contribution is 2.19. The van der Waals surface area contributed by atoms with Crippen molar-refractivity contribution in [2.45, 2.75) is 9.92 Å². The zero-order valence-corrected chi connectivity index (χ0v) is 13.5. The lowest BCUT2D eigenvalue weighted by Gasteiger charge is -2.10. The molecule has 0 amide bonds. The first-order valence-electron chi connectivity index (χ1n) is 5.06. The third-order valence-corrected chi connectivity index (χ3v) is 6.22. The van der Waals surface area contributed by atoms with Gasteiger partial charge in [0.05, 0.1) is 10.8 Å². The maximum atomic E-state index is 11.8. The third kappa shape index (κ3) is 5.27. The average molecular weight is 345 g/mol. The minimum Gasteiger partial charge on any atom is -0.249 e. The topological polar surface area (TPSA) is 84.4 Å². The van der Waals surface area contributed by atoms with Gasteiger partial charge in [0.1, 0.15) is 4.90 Å². The van der Waals surface area contributed by atoms with E-state index in [1.165, 1.54) is 44.2 Å². The first-order valence-corrected chi connectivity index (χ1v) is 9.97. The van der Waals surface area contributed by atoms with Gasteiger partial charge in [-0.05, 0) is 12.1 Å². The Bertz CT molecular complexity index is 626. The molecule has 1 aromatic rings. The lowest BCUT2D eigenvalue weighted by Crippen LogP contribution is -2.22. The van der Waals surface area contributed by atoms with Gasteiger partial charge in [-0.2, -0.15) is 0 Å². The van der Waals surface area contributed by atoms with Gasteiger partial charge in [-0.15, -0.1) is 11.8 Å². The standard InChI is InChI=1S/C9H13ClN2O4S3/c1-12(2)19(15,16)8-3-4-9(11-7-8)17-5-6-18(10,13)14/h3-4,7H,5-6H2,1-2H3. The minimum absolute atomic E-state index is 0.0896. The summed E-state index contributed by atoms with van der Waals surface area (Å²) in [5.74, 6) is 0.0945. The maximum absolute atomic E-state index is 11.8. The highest BCUT2D eigenvalue weighted by Gasteiger charge is 2.17. The number of aromatic nitrogens is 1. The summed E-state index contributed by atoms with van der Waals surface area (Å²) >= 11 is 1.19. The number of halogens is 1. The summed E-state index contributed by atoms with van der Waals surface area (Å²) < 4.78 is 46.1. The second kappa shape index (κ2) is 6.40. The van der Waals surface area contributed by atoms with Gasteiger partial charge >= 0.3 is 0 Å². The lowest BCUT2D eigenvalue weighted by molar-refractivity contribution is 0.520. The lowest BCUT2D eigenvalue weighted by atomic mass is 10.5. The predicted octanol–water partition coefficient (Wildman–Crippen LogP) is 0.993. The van der Waals surface area contributed by atoms with E-state index >= 15 is 0 Å². The molecule has 19 heavy (non-hydrogen) atoms. The van der Waals surface area contributed by atoms with Crippen molar-refractivity contribution in [3.05, 3.63) is 18.3 Å². The van der Waals surface area contributed by atoms with Crippen LogP contribution in [-0.2, 0) is 19.1 Å². The Morgan fingerprint density at radius 3 is 2.32 bits per heavy atom. The van der Waals surface area contributed by atoms with Crippen LogP contribution >= 0.6 is 22.4 Å². The monoisotopic (exact) mass is 344 g/mol. The average Bonchev–Trinajstić information content (AvgIpc) is 2.27. The van der Waals surface area contributed by atoms with E-state index in [1.807, 2.05) is 0 Å². The fraction of sp³-hybridized carbons (Fsp3) is 0.444. The molecule has 0 fully saturated rings. The van der Waals surface area contributed by atoms with Gasteiger partial charge in [0, 0.05) is 36.7 Å². The highest BCUT2D eigenvalue weighted by atomic mass is 35.7. The molecule has 0 unspecified atom stereocenters. The number of hydrogen-bond acceptors (Lipinski definition) is 6. The van der Waals surface area contributed by atoms with Crippen LogP contribution in [0.25, 0.3) is 0 Å². The van der Waals surface area contributed by atoms with Crippen molar-refractivity contribution < 1.29 is 16.8 Å². The van der Waals surface area contributed by atoms with Gasteiger partial charge in [-0.25, -0.2) is 26.1 Å². The van der Waals surface area contributed by atoms with Crippen molar-refractivity contribution in [2.24, 2.45) is 0 Å². The third-order valence-electron chi connectivity index (χ3n) is 2.06. The smallest absolute Gasteiger partial charge is 0.244 e. The van der Waals surface area contributed by atoms with Gasteiger partial charge in [-0.3, -0.25) is 0 Å². The Labute approximate surface area is 121 Å². The van der Waals surface area contributed by atoms with Crippen molar-refractivity contribution in [1.82, 2.24) is 9.29 Å². The molecule has 6 nitrogen and oxygen atoms in total.